The van der Waals surface area contributed by atoms with E-state index >= 15 is 0 Å². The third kappa shape index (κ3) is 3.52. The molecule has 4 saturated heterocycles. The largest absolute Gasteiger partial charge is 0.274 e. The molecule has 4 heterocycles. The molecule has 8 rings (SSSR count). The summed E-state index contributed by atoms with van der Waals surface area (Å²) in [7, 11) is 0. The van der Waals surface area contributed by atoms with Crippen LogP contribution in [0.5, 0.6) is 0 Å². The van der Waals surface area contributed by atoms with Crippen molar-refractivity contribution in [1.29, 1.82) is 0 Å². The Balaban J connectivity index is 1.34. The topological polar surface area (TPSA) is 81.2 Å². The van der Waals surface area contributed by atoms with Crippen LogP contribution < -0.4 is 9.80 Å². The quantitative estimate of drug-likeness (QED) is 0.323. The number of imide groups is 2. The Kier molecular flexibility index (Phi) is 5.95. The van der Waals surface area contributed by atoms with Gasteiger partial charge in [0.05, 0.1) is 35.3 Å². The summed E-state index contributed by atoms with van der Waals surface area (Å²) in [6, 6.07) is 30.9. The zero-order valence-electron chi connectivity index (χ0n) is 24.3. The monoisotopic (exact) mass is 582 g/mol. The average Bonchev–Trinajstić information content (AvgIpc) is 3.70. The van der Waals surface area contributed by atoms with E-state index in [0.717, 1.165) is 22.3 Å². The van der Waals surface area contributed by atoms with Crippen molar-refractivity contribution in [2.75, 3.05) is 9.80 Å². The van der Waals surface area contributed by atoms with E-state index in [1.807, 2.05) is 121 Å². The number of aryl methyl sites for hydroxylation is 2. The van der Waals surface area contributed by atoms with Gasteiger partial charge in [-0.25, -0.2) is 19.8 Å². The predicted molar refractivity (Wildman–Crippen MR) is 164 cm³/mol. The van der Waals surface area contributed by atoms with Crippen LogP contribution in [-0.2, 0) is 19.2 Å². The number of para-hydroxylation sites is 2. The van der Waals surface area contributed by atoms with Crippen LogP contribution in [0.15, 0.2) is 109 Å². The Bertz CT molecular complexity index is 1710. The van der Waals surface area contributed by atoms with Crippen molar-refractivity contribution < 1.29 is 19.2 Å². The fraction of sp³-hybridized carbons (Fsp3) is 0.222. The second kappa shape index (κ2) is 9.80. The summed E-state index contributed by atoms with van der Waals surface area (Å²) in [5.41, 5.74) is 4.39. The summed E-state index contributed by atoms with van der Waals surface area (Å²) >= 11 is 0. The van der Waals surface area contributed by atoms with Crippen molar-refractivity contribution in [2.24, 2.45) is 11.8 Å². The molecule has 8 nitrogen and oxygen atoms in total. The number of benzene rings is 4. The van der Waals surface area contributed by atoms with E-state index in [1.165, 1.54) is 9.80 Å². The zero-order chi connectivity index (χ0) is 30.3. The van der Waals surface area contributed by atoms with Crippen LogP contribution in [0.3, 0.4) is 0 Å². The number of hydrogen-bond donors (Lipinski definition) is 0. The summed E-state index contributed by atoms with van der Waals surface area (Å²) in [6.07, 6.45) is 0. The molecule has 0 radical (unpaired) electrons. The van der Waals surface area contributed by atoms with Gasteiger partial charge in [0.1, 0.15) is 12.1 Å². The van der Waals surface area contributed by atoms with E-state index in [9.17, 15) is 19.2 Å². The Morgan fingerprint density at radius 1 is 0.409 bits per heavy atom. The predicted octanol–water partition coefficient (Wildman–Crippen LogP) is 4.75. The lowest BCUT2D eigenvalue weighted by atomic mass is 9.84. The molecule has 0 bridgehead atoms. The summed E-state index contributed by atoms with van der Waals surface area (Å²) in [6.45, 7) is 3.77. The van der Waals surface area contributed by atoms with Gasteiger partial charge in [-0.2, -0.15) is 0 Å². The molecular formula is C36H30N4O4. The van der Waals surface area contributed by atoms with Gasteiger partial charge in [-0.05, 0) is 48.2 Å². The number of hydrazine groups is 1. The van der Waals surface area contributed by atoms with Gasteiger partial charge >= 0.3 is 0 Å². The maximum Gasteiger partial charge on any atom is 0.253 e. The molecule has 4 aromatic rings. The number of nitrogens with zero attached hydrogens (tertiary/aromatic N) is 4. The van der Waals surface area contributed by atoms with E-state index in [2.05, 4.69) is 0 Å². The normalized spacial score (nSPS) is 28.1. The standard InChI is InChI=1S/C36H30N4O4/c1-21-13-9-11-19-25(21)37-33(41)27-29(23-15-5-3-6-16-23)40-32-28(34(42)38(36(32)44)26-20-12-10-14-22(26)2)30(24-17-7-4-8-18-24)39(40)31(27)35(37)43/h3-20,27-32H,1-2H3/t27-,28-,29-,30+,31+,32+/m0/s1. The number of fused-ring (bicyclic) bond motifs is 5. The third-order valence-corrected chi connectivity index (χ3v) is 9.72. The Labute approximate surface area is 255 Å². The van der Waals surface area contributed by atoms with Crippen LogP contribution in [0.4, 0.5) is 11.4 Å². The lowest BCUT2D eigenvalue weighted by Gasteiger charge is -2.36. The van der Waals surface area contributed by atoms with Gasteiger partial charge in [0.25, 0.3) is 11.8 Å². The first-order valence-corrected chi connectivity index (χ1v) is 14.9. The van der Waals surface area contributed by atoms with Gasteiger partial charge in [0.15, 0.2) is 0 Å². The van der Waals surface area contributed by atoms with Crippen LogP contribution >= 0.6 is 0 Å². The molecule has 44 heavy (non-hydrogen) atoms. The van der Waals surface area contributed by atoms with Gasteiger partial charge in [0, 0.05) is 0 Å². The highest BCUT2D eigenvalue weighted by molar-refractivity contribution is 6.26. The molecule has 4 amide bonds. The first-order valence-electron chi connectivity index (χ1n) is 14.9. The minimum Gasteiger partial charge on any atom is -0.274 e. The van der Waals surface area contributed by atoms with Crippen molar-refractivity contribution in [3.63, 3.8) is 0 Å². The minimum atomic E-state index is -0.879. The molecule has 4 aliphatic rings. The van der Waals surface area contributed by atoms with Crippen molar-refractivity contribution in [3.05, 3.63) is 131 Å². The number of hydrogen-bond acceptors (Lipinski definition) is 6. The van der Waals surface area contributed by atoms with Gasteiger partial charge in [-0.3, -0.25) is 19.2 Å². The van der Waals surface area contributed by atoms with E-state index < -0.39 is 36.0 Å². The molecule has 218 valence electrons. The molecule has 0 aromatic heterocycles. The second-order valence-corrected chi connectivity index (χ2v) is 12.0. The maximum atomic E-state index is 14.5. The molecule has 0 N–H and O–H groups in total. The lowest BCUT2D eigenvalue weighted by molar-refractivity contribution is -0.136. The van der Waals surface area contributed by atoms with Crippen LogP contribution in [0, 0.1) is 25.7 Å². The molecule has 0 unspecified atom stereocenters. The Morgan fingerprint density at radius 2 is 0.750 bits per heavy atom. The average molecular weight is 583 g/mol. The van der Waals surface area contributed by atoms with Crippen molar-refractivity contribution in [3.8, 4) is 0 Å². The lowest BCUT2D eigenvalue weighted by Crippen LogP contribution is -2.50. The molecule has 6 atom stereocenters. The Hall–Kier alpha value is -4.92. The zero-order valence-corrected chi connectivity index (χ0v) is 24.3. The van der Waals surface area contributed by atoms with Crippen molar-refractivity contribution >= 4 is 35.0 Å². The molecule has 0 saturated carbocycles. The highest BCUT2D eigenvalue weighted by Gasteiger charge is 2.73. The van der Waals surface area contributed by atoms with E-state index in [0.29, 0.717) is 11.4 Å². The minimum absolute atomic E-state index is 0.298. The highest BCUT2D eigenvalue weighted by Crippen LogP contribution is 2.59. The summed E-state index contributed by atoms with van der Waals surface area (Å²) in [4.78, 5) is 60.6. The van der Waals surface area contributed by atoms with E-state index in [4.69, 9.17) is 0 Å². The number of carbonyl (C=O) groups excluding carboxylic acids is 4. The SMILES string of the molecule is Cc1ccccc1N1C(=O)[C@@H]2[C@H](C1=O)N1[C@H](c3ccccc3)[C@@H]3C(=O)N(c4ccccc4C)C(=O)[C@@H]3N1[C@H]2c1ccccc1. The maximum absolute atomic E-state index is 14.5. The first kappa shape index (κ1) is 26.7. The first-order chi connectivity index (χ1) is 21.4. The Morgan fingerprint density at radius 3 is 1.11 bits per heavy atom. The fourth-order valence-electron chi connectivity index (χ4n) is 7.90. The molecule has 4 fully saturated rings. The second-order valence-electron chi connectivity index (χ2n) is 12.0. The molecule has 0 aliphatic carbocycles. The van der Waals surface area contributed by atoms with Crippen LogP contribution in [0.25, 0.3) is 0 Å². The third-order valence-electron chi connectivity index (χ3n) is 9.72. The van der Waals surface area contributed by atoms with E-state index in [1.54, 1.807) is 12.1 Å². The van der Waals surface area contributed by atoms with Gasteiger partial charge in [-0.15, -0.1) is 0 Å². The van der Waals surface area contributed by atoms with Gasteiger partial charge in [0.2, 0.25) is 11.8 Å². The molecule has 4 aromatic carbocycles. The number of amides is 4. The fourth-order valence-corrected chi connectivity index (χ4v) is 7.90. The summed E-state index contributed by atoms with van der Waals surface area (Å²) in [5.74, 6) is -2.82. The van der Waals surface area contributed by atoms with Crippen molar-refractivity contribution in [1.82, 2.24) is 10.0 Å². The van der Waals surface area contributed by atoms with Gasteiger partial charge < -0.3 is 0 Å². The smallest absolute Gasteiger partial charge is 0.253 e. The molecular weight excluding hydrogens is 552 g/mol. The van der Waals surface area contributed by atoms with Crippen LogP contribution in [0.2, 0.25) is 0 Å². The molecule has 4 aliphatic heterocycles. The highest BCUT2D eigenvalue weighted by atomic mass is 16.2. The summed E-state index contributed by atoms with van der Waals surface area (Å²) < 4.78 is 0. The number of carbonyl (C=O) groups is 4. The van der Waals surface area contributed by atoms with E-state index in [-0.39, 0.29) is 23.6 Å². The van der Waals surface area contributed by atoms with Crippen LogP contribution in [0.1, 0.15) is 34.3 Å². The summed E-state index contributed by atoms with van der Waals surface area (Å²) in [5, 5.41) is 3.83. The molecule has 0 spiro atoms. The van der Waals surface area contributed by atoms with Gasteiger partial charge in [-0.1, -0.05) is 97.1 Å². The van der Waals surface area contributed by atoms with Crippen LogP contribution in [-0.4, -0.2) is 45.7 Å². The van der Waals surface area contributed by atoms with Crippen molar-refractivity contribution in [2.45, 2.75) is 38.0 Å². The number of anilines is 2. The molecule has 8 heteroatoms. The number of rotatable bonds is 4.